The lowest BCUT2D eigenvalue weighted by Crippen LogP contribution is -2.41. The third-order valence-electron chi connectivity index (χ3n) is 5.37. The monoisotopic (exact) mass is 448 g/mol. The van der Waals surface area contributed by atoms with Gasteiger partial charge in [-0.2, -0.15) is 0 Å². The SMILES string of the molecule is CC(C)c1cc2c(-c3ccc(S(=O)(=O)NC4CCS(=O)(=O)CC4)nc3)ccnc2[nH]1. The number of sulfonamides is 1. The Morgan fingerprint density at radius 2 is 1.87 bits per heavy atom. The molecular weight excluding hydrogens is 424 g/mol. The number of pyridine rings is 2. The standard InChI is InChI=1S/C20H24N4O4S2/c1-13(2)18-11-17-16(5-8-21-20(17)23-18)14-3-4-19(22-12-14)30(27,28)24-15-6-9-29(25,26)10-7-15/h3-5,8,11-13,15,24H,6-7,9-10H2,1-2H3,(H,21,23). The summed E-state index contributed by atoms with van der Waals surface area (Å²) in [5.74, 6) is 0.331. The Morgan fingerprint density at radius 3 is 2.50 bits per heavy atom. The zero-order valence-corrected chi connectivity index (χ0v) is 18.4. The van der Waals surface area contributed by atoms with Crippen molar-refractivity contribution in [1.82, 2.24) is 19.7 Å². The second-order valence-electron chi connectivity index (χ2n) is 7.93. The van der Waals surface area contributed by atoms with Gasteiger partial charge in [-0.25, -0.2) is 31.5 Å². The topological polar surface area (TPSA) is 122 Å². The largest absolute Gasteiger partial charge is 0.343 e. The molecular formula is C20H24N4O4S2. The molecule has 0 radical (unpaired) electrons. The molecule has 10 heteroatoms. The molecule has 0 aromatic carbocycles. The van der Waals surface area contributed by atoms with Crippen molar-refractivity contribution in [1.29, 1.82) is 0 Å². The van der Waals surface area contributed by atoms with Crippen LogP contribution in [0.15, 0.2) is 41.7 Å². The third kappa shape index (κ3) is 4.26. The fraction of sp³-hybridized carbons (Fsp3) is 0.400. The maximum absolute atomic E-state index is 12.7. The number of hydrogen-bond donors (Lipinski definition) is 2. The van der Waals surface area contributed by atoms with Crippen molar-refractivity contribution < 1.29 is 16.8 Å². The highest BCUT2D eigenvalue weighted by molar-refractivity contribution is 7.91. The Bertz CT molecular complexity index is 1270. The molecule has 1 aliphatic rings. The fourth-order valence-electron chi connectivity index (χ4n) is 3.60. The second kappa shape index (κ2) is 7.75. The highest BCUT2D eigenvalue weighted by Gasteiger charge is 2.28. The summed E-state index contributed by atoms with van der Waals surface area (Å²) in [5.41, 5.74) is 3.57. The van der Waals surface area contributed by atoms with Crippen molar-refractivity contribution >= 4 is 30.9 Å². The van der Waals surface area contributed by atoms with Crippen LogP contribution < -0.4 is 4.72 Å². The van der Waals surface area contributed by atoms with E-state index in [1.54, 1.807) is 12.3 Å². The van der Waals surface area contributed by atoms with E-state index in [9.17, 15) is 16.8 Å². The summed E-state index contributed by atoms with van der Waals surface area (Å²) in [6, 6.07) is 6.75. The fourth-order valence-corrected chi connectivity index (χ4v) is 6.32. The molecule has 2 N–H and O–H groups in total. The van der Waals surface area contributed by atoms with Gasteiger partial charge in [0.2, 0.25) is 0 Å². The molecule has 0 unspecified atom stereocenters. The van der Waals surface area contributed by atoms with Gasteiger partial charge in [-0.15, -0.1) is 0 Å². The molecule has 0 bridgehead atoms. The highest BCUT2D eigenvalue weighted by atomic mass is 32.2. The smallest absolute Gasteiger partial charge is 0.258 e. The highest BCUT2D eigenvalue weighted by Crippen LogP contribution is 2.30. The van der Waals surface area contributed by atoms with Crippen LogP contribution in [0.4, 0.5) is 0 Å². The number of fused-ring (bicyclic) bond motifs is 1. The zero-order chi connectivity index (χ0) is 21.5. The van der Waals surface area contributed by atoms with E-state index in [2.05, 4.69) is 39.6 Å². The normalized spacial score (nSPS) is 17.6. The molecule has 3 aromatic rings. The van der Waals surface area contributed by atoms with Crippen LogP contribution in [-0.2, 0) is 19.9 Å². The molecule has 30 heavy (non-hydrogen) atoms. The molecule has 0 amide bonds. The molecule has 1 aliphatic heterocycles. The molecule has 1 saturated heterocycles. The molecule has 1 fully saturated rings. The number of H-pyrrole nitrogens is 1. The summed E-state index contributed by atoms with van der Waals surface area (Å²) < 4.78 is 51.0. The number of nitrogens with zero attached hydrogens (tertiary/aromatic N) is 2. The molecule has 4 heterocycles. The molecule has 8 nitrogen and oxygen atoms in total. The molecule has 0 spiro atoms. The van der Waals surface area contributed by atoms with Gasteiger partial charge in [0.1, 0.15) is 15.5 Å². The summed E-state index contributed by atoms with van der Waals surface area (Å²) in [4.78, 5) is 11.9. The zero-order valence-electron chi connectivity index (χ0n) is 16.8. The van der Waals surface area contributed by atoms with Crippen molar-refractivity contribution in [3.05, 3.63) is 42.4 Å². The van der Waals surface area contributed by atoms with E-state index < -0.39 is 25.9 Å². The minimum absolute atomic E-state index is 0.000373. The first-order valence-electron chi connectivity index (χ1n) is 9.81. The summed E-state index contributed by atoms with van der Waals surface area (Å²) in [6.45, 7) is 4.20. The Labute approximate surface area is 176 Å². The number of sulfone groups is 1. The van der Waals surface area contributed by atoms with E-state index in [4.69, 9.17) is 0 Å². The van der Waals surface area contributed by atoms with Crippen LogP contribution in [0.3, 0.4) is 0 Å². The van der Waals surface area contributed by atoms with Crippen molar-refractivity contribution in [2.75, 3.05) is 11.5 Å². The first-order valence-corrected chi connectivity index (χ1v) is 13.1. The van der Waals surface area contributed by atoms with Crippen LogP contribution >= 0.6 is 0 Å². The van der Waals surface area contributed by atoms with Gasteiger partial charge in [-0.1, -0.05) is 13.8 Å². The summed E-state index contributed by atoms with van der Waals surface area (Å²) in [7, 11) is -6.87. The van der Waals surface area contributed by atoms with Gasteiger partial charge in [0, 0.05) is 35.1 Å². The Balaban J connectivity index is 1.58. The van der Waals surface area contributed by atoms with E-state index in [-0.39, 0.29) is 29.4 Å². The number of nitrogens with one attached hydrogen (secondary N) is 2. The van der Waals surface area contributed by atoms with E-state index in [0.29, 0.717) is 5.92 Å². The lowest BCUT2D eigenvalue weighted by atomic mass is 10.0. The average Bonchev–Trinajstić information content (AvgIpc) is 3.14. The van der Waals surface area contributed by atoms with E-state index in [1.807, 2.05) is 6.07 Å². The van der Waals surface area contributed by atoms with Crippen molar-refractivity contribution in [2.24, 2.45) is 0 Å². The van der Waals surface area contributed by atoms with Crippen molar-refractivity contribution in [2.45, 2.75) is 43.7 Å². The van der Waals surface area contributed by atoms with Gasteiger partial charge in [-0.05, 0) is 48.6 Å². The average molecular weight is 449 g/mol. The number of aromatic nitrogens is 3. The minimum atomic E-state index is -3.82. The van der Waals surface area contributed by atoms with Crippen LogP contribution in [0, 0.1) is 0 Å². The van der Waals surface area contributed by atoms with Crippen LogP contribution in [0.5, 0.6) is 0 Å². The predicted octanol–water partition coefficient (Wildman–Crippen LogP) is 2.60. The van der Waals surface area contributed by atoms with Gasteiger partial charge in [-0.3, -0.25) is 0 Å². The van der Waals surface area contributed by atoms with E-state index >= 15 is 0 Å². The minimum Gasteiger partial charge on any atom is -0.343 e. The molecule has 160 valence electrons. The Kier molecular flexibility index (Phi) is 5.41. The molecule has 0 aliphatic carbocycles. The maximum Gasteiger partial charge on any atom is 0.258 e. The Hall–Kier alpha value is -2.30. The van der Waals surface area contributed by atoms with Gasteiger partial charge >= 0.3 is 0 Å². The molecule has 0 atom stereocenters. The van der Waals surface area contributed by atoms with Crippen LogP contribution in [-0.4, -0.2) is 49.3 Å². The number of rotatable bonds is 5. The first kappa shape index (κ1) is 21.0. The third-order valence-corrected chi connectivity index (χ3v) is 8.53. The lowest BCUT2D eigenvalue weighted by Gasteiger charge is -2.22. The quantitative estimate of drug-likeness (QED) is 0.619. The summed E-state index contributed by atoms with van der Waals surface area (Å²) in [6.07, 6.45) is 3.80. The number of aromatic amines is 1. The van der Waals surface area contributed by atoms with E-state index in [0.717, 1.165) is 27.9 Å². The van der Waals surface area contributed by atoms with Crippen molar-refractivity contribution in [3.8, 4) is 11.1 Å². The molecule has 3 aromatic heterocycles. The lowest BCUT2D eigenvalue weighted by molar-refractivity contribution is 0.504. The van der Waals surface area contributed by atoms with Gasteiger partial charge < -0.3 is 4.98 Å². The van der Waals surface area contributed by atoms with Crippen LogP contribution in [0.25, 0.3) is 22.2 Å². The Morgan fingerprint density at radius 1 is 1.13 bits per heavy atom. The molecule has 4 rings (SSSR count). The second-order valence-corrected chi connectivity index (χ2v) is 11.9. The molecule has 0 saturated carbocycles. The van der Waals surface area contributed by atoms with Gasteiger partial charge in [0.05, 0.1) is 11.5 Å². The summed E-state index contributed by atoms with van der Waals surface area (Å²) >= 11 is 0. The van der Waals surface area contributed by atoms with Gasteiger partial charge in [0.25, 0.3) is 10.0 Å². The first-order chi connectivity index (χ1) is 14.1. The van der Waals surface area contributed by atoms with Crippen LogP contribution in [0.2, 0.25) is 0 Å². The van der Waals surface area contributed by atoms with Gasteiger partial charge in [0.15, 0.2) is 5.03 Å². The van der Waals surface area contributed by atoms with Crippen LogP contribution in [0.1, 0.15) is 38.3 Å². The predicted molar refractivity (Wildman–Crippen MR) is 115 cm³/mol. The summed E-state index contributed by atoms with van der Waals surface area (Å²) in [5, 5.41) is 0.877. The number of hydrogen-bond acceptors (Lipinski definition) is 6. The maximum atomic E-state index is 12.7. The van der Waals surface area contributed by atoms with E-state index in [1.165, 1.54) is 12.3 Å². The van der Waals surface area contributed by atoms with Crippen molar-refractivity contribution in [3.63, 3.8) is 0 Å².